The normalized spacial score (nSPS) is 20.2. The van der Waals surface area contributed by atoms with E-state index >= 15 is 4.39 Å². The molecule has 5 aliphatic rings. The van der Waals surface area contributed by atoms with Crippen LogP contribution in [0.2, 0.25) is 0 Å². The van der Waals surface area contributed by atoms with Crippen LogP contribution in [0.5, 0.6) is 0 Å². The molecule has 1 saturated heterocycles. The molecule has 2 aromatic carbocycles. The van der Waals surface area contributed by atoms with Crippen molar-refractivity contribution >= 4 is 58.2 Å². The van der Waals surface area contributed by atoms with Crippen LogP contribution in [0, 0.1) is 12.7 Å². The van der Waals surface area contributed by atoms with Gasteiger partial charge in [-0.1, -0.05) is 43.7 Å². The number of imide groups is 1. The molecule has 4 aromatic rings. The monoisotopic (exact) mass is 1030 g/mol. The number of amides is 7. The number of nitrogens with one attached hydrogen (secondary N) is 5. The molecule has 21 nitrogen and oxygen atoms in total. The van der Waals surface area contributed by atoms with Crippen molar-refractivity contribution in [2.24, 2.45) is 0 Å². The van der Waals surface area contributed by atoms with E-state index in [0.717, 1.165) is 32.5 Å². The molecular weight excluding hydrogens is 974 g/mol. The molecule has 0 bridgehead atoms. The second kappa shape index (κ2) is 22.0. The molecule has 1 aliphatic carbocycles. The molecule has 9 rings (SSSR count). The lowest BCUT2D eigenvalue weighted by molar-refractivity contribution is -0.172. The van der Waals surface area contributed by atoms with Crippen LogP contribution in [-0.2, 0) is 79.4 Å². The lowest BCUT2D eigenvalue weighted by atomic mass is 9.81. The SMILES string of the molecule is CC[C@@]1(O)C(=O)OCc2c1cc1n(c2=O)Cc2c-1nc1cc(F)c(C)c3c1c2[C@@H](N1CC1COCNC(=O)CNC(=O)[C@H](Cc1ccccc1)NC(=O)CNC(=O)CNC(=O)CCCCCN1C(=O)C=CC1=O)CC3. The summed E-state index contributed by atoms with van der Waals surface area (Å²) in [5, 5.41) is 25.0. The first-order chi connectivity index (χ1) is 36.1. The number of carbonyl (C=O) groups excluding carboxylic acids is 8. The maximum Gasteiger partial charge on any atom is 0.343 e. The molecule has 0 saturated carbocycles. The van der Waals surface area contributed by atoms with Gasteiger partial charge in [-0.2, -0.15) is 0 Å². The van der Waals surface area contributed by atoms with Crippen LogP contribution in [0.15, 0.2) is 59.4 Å². The molecule has 75 heavy (non-hydrogen) atoms. The summed E-state index contributed by atoms with van der Waals surface area (Å²) in [5.74, 6) is -4.82. The van der Waals surface area contributed by atoms with E-state index in [4.69, 9.17) is 14.5 Å². The molecule has 1 fully saturated rings. The van der Waals surface area contributed by atoms with Crippen molar-refractivity contribution in [1.82, 2.24) is 45.9 Å². The van der Waals surface area contributed by atoms with Crippen molar-refractivity contribution in [2.45, 2.75) is 102 Å². The zero-order valence-corrected chi connectivity index (χ0v) is 41.6. The first-order valence-corrected chi connectivity index (χ1v) is 25.2. The van der Waals surface area contributed by atoms with Gasteiger partial charge in [0.2, 0.25) is 29.5 Å². The maximum atomic E-state index is 15.4. The standard InChI is InChI=1S/C53H58FN9O12/c1-3-53(73)35-19-40-49-33(25-63(40)51(71)34(35)27-75-52(53)72)48-39(14-13-32-29(2)36(54)20-37(60-49)47(32)48)62-24-31(62)26-74-28-58-43(66)22-57-50(70)38(18-30-10-6-4-7-11-30)59-44(67)23-56-42(65)21-55-41(64)12-8-5-9-17-61-45(68)15-16-46(61)69/h4,6-7,10-11,15-16,19-20,31,38-39,73H,3,5,8-9,12-14,17-18,21-28H2,1-2H3,(H,55,64)(H,56,65)(H,57,70)(H,58,66)(H,59,67)/t31?,38-,39-,53-,62?/m0/s1. The Morgan fingerprint density at radius 2 is 1.61 bits per heavy atom. The Morgan fingerprint density at radius 3 is 2.37 bits per heavy atom. The van der Waals surface area contributed by atoms with Gasteiger partial charge in [-0.25, -0.2) is 14.2 Å². The van der Waals surface area contributed by atoms with E-state index in [2.05, 4.69) is 31.5 Å². The van der Waals surface area contributed by atoms with E-state index in [-0.39, 0.29) is 106 Å². The zero-order chi connectivity index (χ0) is 53.1. The fraction of sp³-hybridized carbons (Fsp3) is 0.434. The molecular formula is C53H58FN9O12. The summed E-state index contributed by atoms with van der Waals surface area (Å²) in [5.41, 5.74) is 3.29. The van der Waals surface area contributed by atoms with Crippen molar-refractivity contribution < 1.29 is 57.3 Å². The highest BCUT2D eigenvalue weighted by molar-refractivity contribution is 6.12. The first-order valence-electron chi connectivity index (χ1n) is 25.2. The van der Waals surface area contributed by atoms with Gasteiger partial charge in [0, 0.05) is 72.7 Å². The maximum absolute atomic E-state index is 15.4. The van der Waals surface area contributed by atoms with E-state index < -0.39 is 59.9 Å². The Labute approximate surface area is 429 Å². The highest BCUT2D eigenvalue weighted by Gasteiger charge is 2.48. The molecule has 0 spiro atoms. The van der Waals surface area contributed by atoms with Gasteiger partial charge in [0.1, 0.15) is 25.2 Å². The molecule has 5 atom stereocenters. The molecule has 6 N–H and O–H groups in total. The number of aryl methyl sites for hydroxylation is 1. The molecule has 7 amide bonds. The predicted octanol–water partition coefficient (Wildman–Crippen LogP) is 0.850. The number of ether oxygens (including phenoxy) is 2. The van der Waals surface area contributed by atoms with Gasteiger partial charge in [0.25, 0.3) is 17.4 Å². The van der Waals surface area contributed by atoms with Crippen molar-refractivity contribution in [3.05, 3.63) is 110 Å². The van der Waals surface area contributed by atoms with Crippen LogP contribution in [-0.4, -0.2) is 130 Å². The summed E-state index contributed by atoms with van der Waals surface area (Å²) in [4.78, 5) is 122. The zero-order valence-electron chi connectivity index (χ0n) is 41.6. The fourth-order valence-corrected chi connectivity index (χ4v) is 10.5. The Hall–Kier alpha value is -7.69. The number of rotatable bonds is 22. The van der Waals surface area contributed by atoms with Crippen LogP contribution in [0.3, 0.4) is 0 Å². The van der Waals surface area contributed by atoms with Gasteiger partial charge in [-0.15, -0.1) is 0 Å². The first kappa shape index (κ1) is 52.2. The van der Waals surface area contributed by atoms with Gasteiger partial charge >= 0.3 is 5.97 Å². The van der Waals surface area contributed by atoms with Gasteiger partial charge in [0.05, 0.1) is 55.3 Å². The minimum absolute atomic E-state index is 0.00435. The average Bonchev–Trinajstić information content (AvgIpc) is 4.01. The third kappa shape index (κ3) is 10.9. The molecule has 4 aliphatic heterocycles. The molecule has 6 heterocycles. The van der Waals surface area contributed by atoms with Gasteiger partial charge < -0.3 is 45.7 Å². The summed E-state index contributed by atoms with van der Waals surface area (Å²) in [6, 6.07) is 10.7. The number of aromatic nitrogens is 2. The number of cyclic esters (lactones) is 1. The number of unbranched alkanes of at least 4 members (excludes halogenated alkanes) is 2. The summed E-state index contributed by atoms with van der Waals surface area (Å²) < 4.78 is 28.2. The number of hydrogen-bond donors (Lipinski definition) is 6. The quantitative estimate of drug-likeness (QED) is 0.0185. The highest BCUT2D eigenvalue weighted by atomic mass is 19.1. The smallest absolute Gasteiger partial charge is 0.343 e. The third-order valence-corrected chi connectivity index (χ3v) is 14.6. The van der Waals surface area contributed by atoms with Crippen molar-refractivity contribution in [3.8, 4) is 11.4 Å². The number of carbonyl (C=O) groups is 8. The molecule has 394 valence electrons. The van der Waals surface area contributed by atoms with Gasteiger partial charge in [-0.05, 0) is 67.3 Å². The lowest BCUT2D eigenvalue weighted by Crippen LogP contribution is -2.52. The lowest BCUT2D eigenvalue weighted by Gasteiger charge is -2.31. The van der Waals surface area contributed by atoms with Crippen LogP contribution < -0.4 is 32.1 Å². The Kier molecular flexibility index (Phi) is 15.3. The second-order valence-corrected chi connectivity index (χ2v) is 19.4. The van der Waals surface area contributed by atoms with Crippen LogP contribution in [0.25, 0.3) is 22.3 Å². The van der Waals surface area contributed by atoms with Crippen molar-refractivity contribution in [2.75, 3.05) is 46.1 Å². The predicted molar refractivity (Wildman–Crippen MR) is 265 cm³/mol. The van der Waals surface area contributed by atoms with E-state index in [0.29, 0.717) is 61.1 Å². The fourth-order valence-electron chi connectivity index (χ4n) is 10.5. The van der Waals surface area contributed by atoms with Crippen LogP contribution in [0.1, 0.15) is 90.4 Å². The van der Waals surface area contributed by atoms with Crippen molar-refractivity contribution in [1.29, 1.82) is 0 Å². The summed E-state index contributed by atoms with van der Waals surface area (Å²) >= 11 is 0. The minimum Gasteiger partial charge on any atom is -0.458 e. The largest absolute Gasteiger partial charge is 0.458 e. The Balaban J connectivity index is 0.744. The molecule has 2 aromatic heterocycles. The Bertz CT molecular complexity index is 3090. The number of halogens is 1. The molecule has 0 radical (unpaired) electrons. The van der Waals surface area contributed by atoms with E-state index in [9.17, 15) is 48.3 Å². The van der Waals surface area contributed by atoms with E-state index in [1.54, 1.807) is 54.8 Å². The molecule has 2 unspecified atom stereocenters. The number of nitrogens with zero attached hydrogens (tertiary/aromatic N) is 4. The number of aliphatic hydroxyl groups is 1. The number of fused-ring (bicyclic) bond motifs is 5. The van der Waals surface area contributed by atoms with E-state index in [1.165, 1.54) is 18.2 Å². The summed E-state index contributed by atoms with van der Waals surface area (Å²) in [6.07, 6.45) is 5.47. The van der Waals surface area contributed by atoms with Gasteiger partial charge in [0.15, 0.2) is 5.60 Å². The number of hydrogen-bond acceptors (Lipinski definition) is 14. The Morgan fingerprint density at radius 1 is 0.893 bits per heavy atom. The topological polar surface area (TPSA) is 277 Å². The summed E-state index contributed by atoms with van der Waals surface area (Å²) in [6.45, 7) is 3.04. The molecule has 22 heteroatoms. The number of pyridine rings is 2. The second-order valence-electron chi connectivity index (χ2n) is 19.4. The van der Waals surface area contributed by atoms with E-state index in [1.807, 2.05) is 0 Å². The van der Waals surface area contributed by atoms with Crippen LogP contribution in [0.4, 0.5) is 4.39 Å². The third-order valence-electron chi connectivity index (χ3n) is 14.6. The van der Waals surface area contributed by atoms with Gasteiger partial charge in [-0.3, -0.25) is 48.2 Å². The van der Waals surface area contributed by atoms with Crippen molar-refractivity contribution in [3.63, 3.8) is 0 Å². The van der Waals surface area contributed by atoms with Crippen LogP contribution >= 0.6 is 0 Å². The number of esters is 1. The number of benzene rings is 2. The average molecular weight is 1030 g/mol. The minimum atomic E-state index is -2.00. The highest BCUT2D eigenvalue weighted by Crippen LogP contribution is 2.49. The summed E-state index contributed by atoms with van der Waals surface area (Å²) in [7, 11) is 0.